The molecule has 1 N–H and O–H groups in total. The van der Waals surface area contributed by atoms with Gasteiger partial charge in [-0.2, -0.15) is 0 Å². The smallest absolute Gasteiger partial charge is 0.277 e. The van der Waals surface area contributed by atoms with Crippen LogP contribution in [-0.4, -0.2) is 47.9 Å². The number of benzene rings is 2. The molecule has 28 heavy (non-hydrogen) atoms. The molecule has 1 amide bonds. The van der Waals surface area contributed by atoms with Gasteiger partial charge in [-0.05, 0) is 17.7 Å². The number of hydrogen-bond donors (Lipinski definition) is 1. The van der Waals surface area contributed by atoms with E-state index in [4.69, 9.17) is 4.74 Å². The lowest BCUT2D eigenvalue weighted by molar-refractivity contribution is 0.102. The van der Waals surface area contributed by atoms with E-state index in [1.807, 2.05) is 30.3 Å². The number of anilines is 1. The fourth-order valence-corrected chi connectivity index (χ4v) is 2.81. The Bertz CT molecular complexity index is 1050. The third kappa shape index (κ3) is 5.92. The van der Waals surface area contributed by atoms with E-state index in [9.17, 15) is 13.2 Å². The first-order valence-electron chi connectivity index (χ1n) is 8.55. The van der Waals surface area contributed by atoms with Crippen LogP contribution >= 0.6 is 0 Å². The predicted octanol–water partition coefficient (Wildman–Crippen LogP) is 2.00. The van der Waals surface area contributed by atoms with Crippen LogP contribution in [0.25, 0.3) is 0 Å². The quantitative estimate of drug-likeness (QED) is 0.620. The summed E-state index contributed by atoms with van der Waals surface area (Å²) in [6, 6.07) is 16.5. The van der Waals surface area contributed by atoms with Gasteiger partial charge in [-0.1, -0.05) is 41.6 Å². The predicted molar refractivity (Wildman–Crippen MR) is 105 cm³/mol. The van der Waals surface area contributed by atoms with E-state index in [-0.39, 0.29) is 18.1 Å². The molecular formula is C19H20N4O4S. The summed E-state index contributed by atoms with van der Waals surface area (Å²) in [5.41, 5.74) is 1.76. The maximum absolute atomic E-state index is 12.4. The van der Waals surface area contributed by atoms with Gasteiger partial charge in [0.1, 0.15) is 12.4 Å². The van der Waals surface area contributed by atoms with Gasteiger partial charge >= 0.3 is 0 Å². The summed E-state index contributed by atoms with van der Waals surface area (Å²) in [4.78, 5) is 12.4. The number of carbonyl (C=O) groups excluding carboxylic acids is 1. The van der Waals surface area contributed by atoms with E-state index in [1.54, 1.807) is 35.1 Å². The van der Waals surface area contributed by atoms with Gasteiger partial charge in [0.2, 0.25) is 0 Å². The third-order valence-electron chi connectivity index (χ3n) is 3.77. The Morgan fingerprint density at radius 3 is 2.68 bits per heavy atom. The molecule has 0 atom stereocenters. The maximum Gasteiger partial charge on any atom is 0.277 e. The molecule has 0 spiro atoms. The van der Waals surface area contributed by atoms with Crippen LogP contribution in [0.1, 0.15) is 16.1 Å². The number of sulfone groups is 1. The molecule has 146 valence electrons. The lowest BCUT2D eigenvalue weighted by Crippen LogP contribution is -2.13. The van der Waals surface area contributed by atoms with Crippen molar-refractivity contribution in [3.05, 3.63) is 72.1 Å². The number of ether oxygens (including phenoxy) is 1. The zero-order valence-electron chi connectivity index (χ0n) is 15.3. The monoisotopic (exact) mass is 400 g/mol. The Hall–Kier alpha value is -3.20. The van der Waals surface area contributed by atoms with Crippen LogP contribution in [0.5, 0.6) is 5.75 Å². The summed E-state index contributed by atoms with van der Waals surface area (Å²) in [5.74, 6) is -0.00420. The molecule has 0 fully saturated rings. The van der Waals surface area contributed by atoms with Crippen molar-refractivity contribution < 1.29 is 17.9 Å². The topological polar surface area (TPSA) is 103 Å². The molecule has 0 unspecified atom stereocenters. The number of nitrogens with one attached hydrogen (secondary N) is 1. The summed E-state index contributed by atoms with van der Waals surface area (Å²) in [6.45, 7) is 0.564. The first-order valence-corrected chi connectivity index (χ1v) is 10.6. The van der Waals surface area contributed by atoms with Crippen molar-refractivity contribution in [3.8, 4) is 5.75 Å². The highest BCUT2D eigenvalue weighted by Gasteiger charge is 2.12. The molecule has 3 rings (SSSR count). The van der Waals surface area contributed by atoms with Gasteiger partial charge in [0.15, 0.2) is 15.5 Å². The fourth-order valence-electron chi connectivity index (χ4n) is 2.42. The van der Waals surface area contributed by atoms with Gasteiger partial charge in [0, 0.05) is 18.0 Å². The zero-order chi connectivity index (χ0) is 20.0. The Balaban J connectivity index is 1.59. The SMILES string of the molecule is CS(=O)(=O)CCOc1cccc(NC(=O)c2cn(Cc3ccccc3)nn2)c1. The van der Waals surface area contributed by atoms with E-state index in [1.165, 1.54) is 0 Å². The van der Waals surface area contributed by atoms with E-state index >= 15 is 0 Å². The average molecular weight is 400 g/mol. The second kappa shape index (κ2) is 8.66. The zero-order valence-corrected chi connectivity index (χ0v) is 16.1. The van der Waals surface area contributed by atoms with Crippen molar-refractivity contribution in [2.24, 2.45) is 0 Å². The van der Waals surface area contributed by atoms with Crippen LogP contribution in [0.2, 0.25) is 0 Å². The number of carbonyl (C=O) groups is 1. The highest BCUT2D eigenvalue weighted by molar-refractivity contribution is 7.90. The lowest BCUT2D eigenvalue weighted by atomic mass is 10.2. The molecule has 0 saturated heterocycles. The fraction of sp³-hybridized carbons (Fsp3) is 0.211. The summed E-state index contributed by atoms with van der Waals surface area (Å²) in [7, 11) is -3.09. The van der Waals surface area contributed by atoms with Crippen molar-refractivity contribution in [2.45, 2.75) is 6.54 Å². The maximum atomic E-state index is 12.4. The van der Waals surface area contributed by atoms with Gasteiger partial charge < -0.3 is 10.1 Å². The minimum absolute atomic E-state index is 0.0457. The third-order valence-corrected chi connectivity index (χ3v) is 4.68. The molecule has 0 bridgehead atoms. The number of rotatable bonds is 8. The summed E-state index contributed by atoms with van der Waals surface area (Å²) in [5, 5.41) is 10.6. The molecule has 2 aromatic carbocycles. The normalized spacial score (nSPS) is 11.2. The van der Waals surface area contributed by atoms with Gasteiger partial charge in [0.25, 0.3) is 5.91 Å². The summed E-state index contributed by atoms with van der Waals surface area (Å²) < 4.78 is 29.3. The van der Waals surface area contributed by atoms with Gasteiger partial charge in [-0.25, -0.2) is 13.1 Å². The Kier molecular flexibility index (Phi) is 6.05. The van der Waals surface area contributed by atoms with Crippen LogP contribution in [0, 0.1) is 0 Å². The molecular weight excluding hydrogens is 380 g/mol. The van der Waals surface area contributed by atoms with Crippen molar-refractivity contribution in [3.63, 3.8) is 0 Å². The number of aromatic nitrogens is 3. The lowest BCUT2D eigenvalue weighted by Gasteiger charge is -2.08. The Labute approximate surface area is 163 Å². The molecule has 1 aromatic heterocycles. The summed E-state index contributed by atoms with van der Waals surface area (Å²) in [6.07, 6.45) is 2.73. The van der Waals surface area contributed by atoms with Crippen molar-refractivity contribution in [1.82, 2.24) is 15.0 Å². The van der Waals surface area contributed by atoms with Crippen molar-refractivity contribution in [2.75, 3.05) is 23.9 Å². The van der Waals surface area contributed by atoms with Crippen LogP contribution in [0.3, 0.4) is 0 Å². The second-order valence-corrected chi connectivity index (χ2v) is 8.51. The minimum atomic E-state index is -3.09. The van der Waals surface area contributed by atoms with Crippen LogP contribution < -0.4 is 10.1 Å². The largest absolute Gasteiger partial charge is 0.492 e. The second-order valence-electron chi connectivity index (χ2n) is 6.25. The first kappa shape index (κ1) is 19.6. The molecule has 0 radical (unpaired) electrons. The highest BCUT2D eigenvalue weighted by atomic mass is 32.2. The van der Waals surface area contributed by atoms with Crippen molar-refractivity contribution >= 4 is 21.4 Å². The van der Waals surface area contributed by atoms with Gasteiger partial charge in [0.05, 0.1) is 18.5 Å². The van der Waals surface area contributed by atoms with E-state index in [0.29, 0.717) is 18.0 Å². The van der Waals surface area contributed by atoms with Crippen LogP contribution in [-0.2, 0) is 16.4 Å². The van der Waals surface area contributed by atoms with Crippen LogP contribution in [0.4, 0.5) is 5.69 Å². The molecule has 0 aliphatic rings. The standard InChI is InChI=1S/C19H20N4O4S/c1-28(25,26)11-10-27-17-9-5-8-16(12-17)20-19(24)18-14-23(22-21-18)13-15-6-3-2-4-7-15/h2-9,12,14H,10-11,13H2,1H3,(H,20,24). The number of hydrogen-bond acceptors (Lipinski definition) is 6. The molecule has 9 heteroatoms. The number of nitrogens with zero attached hydrogens (tertiary/aromatic N) is 3. The molecule has 0 saturated carbocycles. The van der Waals surface area contributed by atoms with E-state index < -0.39 is 15.7 Å². The number of amides is 1. The van der Waals surface area contributed by atoms with Crippen LogP contribution in [0.15, 0.2) is 60.8 Å². The molecule has 3 aromatic rings. The van der Waals surface area contributed by atoms with Gasteiger partial charge in [-0.15, -0.1) is 5.10 Å². The highest BCUT2D eigenvalue weighted by Crippen LogP contribution is 2.18. The average Bonchev–Trinajstić information content (AvgIpc) is 3.10. The van der Waals surface area contributed by atoms with E-state index in [2.05, 4.69) is 15.6 Å². The minimum Gasteiger partial charge on any atom is -0.492 e. The molecule has 0 aliphatic heterocycles. The molecule has 8 nitrogen and oxygen atoms in total. The Morgan fingerprint density at radius 2 is 1.93 bits per heavy atom. The molecule has 1 heterocycles. The molecule has 0 aliphatic carbocycles. The Morgan fingerprint density at radius 1 is 1.14 bits per heavy atom. The van der Waals surface area contributed by atoms with Crippen molar-refractivity contribution in [1.29, 1.82) is 0 Å². The van der Waals surface area contributed by atoms with Gasteiger partial charge in [-0.3, -0.25) is 4.79 Å². The summed E-state index contributed by atoms with van der Waals surface area (Å²) >= 11 is 0. The van der Waals surface area contributed by atoms with E-state index in [0.717, 1.165) is 11.8 Å². The first-order chi connectivity index (χ1) is 13.4.